The molecule has 0 spiro atoms. The van der Waals surface area contributed by atoms with Crippen molar-refractivity contribution in [3.8, 4) is 11.5 Å². The Morgan fingerprint density at radius 3 is 2.32 bits per heavy atom. The van der Waals surface area contributed by atoms with Crippen molar-refractivity contribution >= 4 is 21.6 Å². The zero-order valence-corrected chi connectivity index (χ0v) is 17.6. The zero-order valence-electron chi connectivity index (χ0n) is 16.8. The molecule has 0 bridgehead atoms. The van der Waals surface area contributed by atoms with Crippen LogP contribution in [0.4, 0.5) is 5.69 Å². The van der Waals surface area contributed by atoms with Gasteiger partial charge in [0.25, 0.3) is 5.91 Å². The summed E-state index contributed by atoms with van der Waals surface area (Å²) in [7, 11) is -3.48. The van der Waals surface area contributed by atoms with E-state index in [-0.39, 0.29) is 5.56 Å². The first-order valence-electron chi connectivity index (χ1n) is 9.33. The molecule has 0 aromatic heterocycles. The number of ether oxygens (including phenoxy) is 1. The van der Waals surface area contributed by atoms with Gasteiger partial charge in [-0.1, -0.05) is 39.3 Å². The Labute approximate surface area is 167 Å². The minimum absolute atomic E-state index is 0.146. The highest BCUT2D eigenvalue weighted by Crippen LogP contribution is 2.34. The Balaban J connectivity index is 2.50. The average molecular weight is 405 g/mol. The van der Waals surface area contributed by atoms with Crippen molar-refractivity contribution < 1.29 is 17.9 Å². The SMILES string of the molecule is CCCCc1cc(NS(C)(=O)=O)cc(C(N)=O)c1Oc1ccc(C(C)C)cc1. The maximum Gasteiger partial charge on any atom is 0.252 e. The number of anilines is 1. The molecule has 28 heavy (non-hydrogen) atoms. The van der Waals surface area contributed by atoms with Crippen molar-refractivity contribution in [1.82, 2.24) is 0 Å². The van der Waals surface area contributed by atoms with E-state index in [0.717, 1.165) is 24.7 Å². The first-order valence-corrected chi connectivity index (χ1v) is 11.2. The van der Waals surface area contributed by atoms with Gasteiger partial charge in [-0.2, -0.15) is 0 Å². The molecule has 2 aromatic rings. The molecule has 3 N–H and O–H groups in total. The fraction of sp³-hybridized carbons (Fsp3) is 0.381. The summed E-state index contributed by atoms with van der Waals surface area (Å²) in [5, 5.41) is 0. The maximum absolute atomic E-state index is 12.1. The molecule has 2 aromatic carbocycles. The van der Waals surface area contributed by atoms with Crippen LogP contribution in [0.2, 0.25) is 0 Å². The van der Waals surface area contributed by atoms with E-state index in [1.165, 1.54) is 11.6 Å². The van der Waals surface area contributed by atoms with Crippen LogP contribution < -0.4 is 15.2 Å². The van der Waals surface area contributed by atoms with Crippen LogP contribution in [0.5, 0.6) is 11.5 Å². The predicted octanol–water partition coefficient (Wildman–Crippen LogP) is 4.42. The zero-order chi connectivity index (χ0) is 20.9. The predicted molar refractivity (Wildman–Crippen MR) is 113 cm³/mol. The lowest BCUT2D eigenvalue weighted by Gasteiger charge is -2.17. The lowest BCUT2D eigenvalue weighted by atomic mass is 10.0. The monoisotopic (exact) mass is 404 g/mol. The van der Waals surface area contributed by atoms with Crippen LogP contribution in [0.3, 0.4) is 0 Å². The number of carbonyl (C=O) groups is 1. The second-order valence-corrected chi connectivity index (χ2v) is 8.93. The summed E-state index contributed by atoms with van der Waals surface area (Å²) in [6, 6.07) is 10.8. The molecular weight excluding hydrogens is 376 g/mol. The van der Waals surface area contributed by atoms with E-state index in [1.807, 2.05) is 24.3 Å². The Bertz CT molecular complexity index is 936. The highest BCUT2D eigenvalue weighted by molar-refractivity contribution is 7.92. The number of aryl methyl sites for hydroxylation is 1. The molecule has 1 amide bonds. The van der Waals surface area contributed by atoms with Gasteiger partial charge in [0.15, 0.2) is 0 Å². The molecule has 7 heteroatoms. The van der Waals surface area contributed by atoms with Crippen LogP contribution in [-0.4, -0.2) is 20.6 Å². The summed E-state index contributed by atoms with van der Waals surface area (Å²) in [5.41, 5.74) is 7.92. The van der Waals surface area contributed by atoms with E-state index in [2.05, 4.69) is 25.5 Å². The highest BCUT2D eigenvalue weighted by atomic mass is 32.2. The van der Waals surface area contributed by atoms with Crippen LogP contribution in [0.1, 0.15) is 61.0 Å². The third-order valence-electron chi connectivity index (χ3n) is 4.30. The summed E-state index contributed by atoms with van der Waals surface area (Å²) < 4.78 is 31.7. The number of primary amides is 1. The highest BCUT2D eigenvalue weighted by Gasteiger charge is 2.18. The minimum atomic E-state index is -3.48. The molecule has 0 heterocycles. The van der Waals surface area contributed by atoms with E-state index in [1.54, 1.807) is 6.07 Å². The van der Waals surface area contributed by atoms with Crippen molar-refractivity contribution in [3.05, 3.63) is 53.1 Å². The molecule has 0 aliphatic heterocycles. The first-order chi connectivity index (χ1) is 13.1. The van der Waals surface area contributed by atoms with E-state index in [9.17, 15) is 13.2 Å². The second-order valence-electron chi connectivity index (χ2n) is 7.18. The fourth-order valence-corrected chi connectivity index (χ4v) is 3.40. The lowest BCUT2D eigenvalue weighted by molar-refractivity contribution is 0.0998. The van der Waals surface area contributed by atoms with Crippen molar-refractivity contribution in [3.63, 3.8) is 0 Å². The Hall–Kier alpha value is -2.54. The fourth-order valence-electron chi connectivity index (χ4n) is 2.86. The molecule has 0 saturated heterocycles. The summed E-state index contributed by atoms with van der Waals surface area (Å²) in [5.74, 6) is 0.686. The van der Waals surface area contributed by atoms with E-state index >= 15 is 0 Å². The van der Waals surface area contributed by atoms with Gasteiger partial charge >= 0.3 is 0 Å². The van der Waals surface area contributed by atoms with Gasteiger partial charge in [0.05, 0.1) is 11.8 Å². The molecular formula is C21H28N2O4S. The number of rotatable bonds is 9. The normalized spacial score (nSPS) is 11.5. The lowest BCUT2D eigenvalue weighted by Crippen LogP contribution is -2.16. The van der Waals surface area contributed by atoms with Crippen molar-refractivity contribution in [2.75, 3.05) is 11.0 Å². The smallest absolute Gasteiger partial charge is 0.252 e. The number of benzene rings is 2. The van der Waals surface area contributed by atoms with Gasteiger partial charge < -0.3 is 10.5 Å². The number of carbonyl (C=O) groups excluding carboxylic acids is 1. The third-order valence-corrected chi connectivity index (χ3v) is 4.91. The third kappa shape index (κ3) is 5.99. The van der Waals surface area contributed by atoms with Crippen LogP contribution in [0, 0.1) is 0 Å². The van der Waals surface area contributed by atoms with Gasteiger partial charge in [-0.15, -0.1) is 0 Å². The molecule has 0 radical (unpaired) electrons. The second kappa shape index (κ2) is 9.10. The van der Waals surface area contributed by atoms with Crippen molar-refractivity contribution in [2.45, 2.75) is 46.0 Å². The Morgan fingerprint density at radius 2 is 1.82 bits per heavy atom. The van der Waals surface area contributed by atoms with E-state index in [4.69, 9.17) is 10.5 Å². The quantitative estimate of drug-likeness (QED) is 0.646. The average Bonchev–Trinajstić information content (AvgIpc) is 2.60. The molecule has 0 aliphatic rings. The van der Waals surface area contributed by atoms with Gasteiger partial charge in [-0.25, -0.2) is 8.42 Å². The molecule has 6 nitrogen and oxygen atoms in total. The standard InChI is InChI=1S/C21H28N2O4S/c1-5-6-7-16-12-17(23-28(4,25)26)13-19(21(22)24)20(16)27-18-10-8-15(9-11-18)14(2)3/h8-14,23H,5-7H2,1-4H3,(H2,22,24). The molecule has 152 valence electrons. The number of hydrogen-bond donors (Lipinski definition) is 2. The number of amides is 1. The largest absolute Gasteiger partial charge is 0.456 e. The number of sulfonamides is 1. The van der Waals surface area contributed by atoms with E-state index in [0.29, 0.717) is 29.5 Å². The van der Waals surface area contributed by atoms with Crippen LogP contribution in [0.15, 0.2) is 36.4 Å². The Morgan fingerprint density at radius 1 is 1.18 bits per heavy atom. The van der Waals surface area contributed by atoms with Crippen LogP contribution in [-0.2, 0) is 16.4 Å². The molecule has 2 rings (SSSR count). The van der Waals surface area contributed by atoms with Crippen molar-refractivity contribution in [1.29, 1.82) is 0 Å². The van der Waals surface area contributed by atoms with Gasteiger partial charge in [0.2, 0.25) is 10.0 Å². The molecule has 0 atom stereocenters. The molecule has 0 saturated carbocycles. The van der Waals surface area contributed by atoms with Gasteiger partial charge in [0.1, 0.15) is 11.5 Å². The minimum Gasteiger partial charge on any atom is -0.456 e. The summed E-state index contributed by atoms with van der Waals surface area (Å²) in [4.78, 5) is 12.1. The summed E-state index contributed by atoms with van der Waals surface area (Å²) >= 11 is 0. The molecule has 0 unspecified atom stereocenters. The Kier molecular flexibility index (Phi) is 7.07. The van der Waals surface area contributed by atoms with Crippen LogP contribution >= 0.6 is 0 Å². The van der Waals surface area contributed by atoms with Crippen molar-refractivity contribution in [2.24, 2.45) is 5.73 Å². The number of hydrogen-bond acceptors (Lipinski definition) is 4. The topological polar surface area (TPSA) is 98.5 Å². The number of unbranched alkanes of at least 4 members (excludes halogenated alkanes) is 1. The maximum atomic E-state index is 12.1. The van der Waals surface area contributed by atoms with Gasteiger partial charge in [0, 0.05) is 5.69 Å². The molecule has 0 fully saturated rings. The van der Waals surface area contributed by atoms with E-state index < -0.39 is 15.9 Å². The summed E-state index contributed by atoms with van der Waals surface area (Å²) in [6.07, 6.45) is 3.50. The van der Waals surface area contributed by atoms with Crippen LogP contribution in [0.25, 0.3) is 0 Å². The summed E-state index contributed by atoms with van der Waals surface area (Å²) in [6.45, 7) is 6.27. The first kappa shape index (κ1) is 21.8. The van der Waals surface area contributed by atoms with Gasteiger partial charge in [-0.3, -0.25) is 9.52 Å². The molecule has 0 aliphatic carbocycles. The number of nitrogens with one attached hydrogen (secondary N) is 1. The number of nitrogens with two attached hydrogens (primary N) is 1. The van der Waals surface area contributed by atoms with Gasteiger partial charge in [-0.05, 0) is 54.2 Å².